The van der Waals surface area contributed by atoms with Crippen molar-refractivity contribution < 1.29 is 0 Å². The minimum atomic E-state index is -0.424. The lowest BCUT2D eigenvalue weighted by atomic mass is 10.3. The van der Waals surface area contributed by atoms with Gasteiger partial charge in [-0.25, -0.2) is 9.36 Å². The zero-order valence-electron chi connectivity index (χ0n) is 8.53. The Kier molecular flexibility index (Phi) is 2.78. The molecule has 0 aliphatic heterocycles. The molecule has 0 amide bonds. The summed E-state index contributed by atoms with van der Waals surface area (Å²) in [5.74, 6) is 0. The van der Waals surface area contributed by atoms with Crippen LogP contribution in [0.4, 0.5) is 0 Å². The van der Waals surface area contributed by atoms with Crippen molar-refractivity contribution >= 4 is 15.9 Å². The average molecular weight is 281 g/mol. The molecular weight excluding hydrogens is 272 g/mol. The minimum absolute atomic E-state index is 0.330. The minimum Gasteiger partial charge on any atom is -0.311 e. The molecule has 1 N–H and O–H groups in total. The number of aromatic nitrogens is 2. The monoisotopic (exact) mass is 280 g/mol. The van der Waals surface area contributed by atoms with Crippen LogP contribution >= 0.6 is 15.9 Å². The summed E-state index contributed by atoms with van der Waals surface area (Å²) in [5, 5.41) is 0. The highest BCUT2D eigenvalue weighted by Crippen LogP contribution is 2.11. The summed E-state index contributed by atoms with van der Waals surface area (Å²) in [7, 11) is 0. The summed E-state index contributed by atoms with van der Waals surface area (Å²) in [4.78, 5) is 25.9. The molecule has 4 nitrogen and oxygen atoms in total. The van der Waals surface area contributed by atoms with Crippen molar-refractivity contribution in [2.75, 3.05) is 0 Å². The smallest absolute Gasteiger partial charge is 0.311 e. The normalized spacial score (nSPS) is 10.4. The number of hydrogen-bond donors (Lipinski definition) is 1. The van der Waals surface area contributed by atoms with Crippen LogP contribution in [0.2, 0.25) is 0 Å². The first-order valence-electron chi connectivity index (χ1n) is 4.67. The highest BCUT2D eigenvalue weighted by molar-refractivity contribution is 9.10. The molecule has 1 heterocycles. The first-order valence-corrected chi connectivity index (χ1v) is 5.46. The van der Waals surface area contributed by atoms with Gasteiger partial charge in [-0.1, -0.05) is 15.9 Å². The zero-order chi connectivity index (χ0) is 11.7. The van der Waals surface area contributed by atoms with Crippen LogP contribution in [0.25, 0.3) is 5.69 Å². The van der Waals surface area contributed by atoms with E-state index in [2.05, 4.69) is 20.9 Å². The van der Waals surface area contributed by atoms with Crippen molar-refractivity contribution in [3.05, 3.63) is 61.3 Å². The van der Waals surface area contributed by atoms with Gasteiger partial charge < -0.3 is 4.98 Å². The number of halogens is 1. The van der Waals surface area contributed by atoms with Crippen LogP contribution in [0, 0.1) is 6.92 Å². The molecule has 1 aromatic heterocycles. The maximum atomic E-state index is 11.7. The van der Waals surface area contributed by atoms with E-state index >= 15 is 0 Å². The van der Waals surface area contributed by atoms with Crippen LogP contribution in [-0.4, -0.2) is 9.55 Å². The van der Waals surface area contributed by atoms with Crippen molar-refractivity contribution in [3.63, 3.8) is 0 Å². The fraction of sp³-hybridized carbons (Fsp3) is 0.0909. The highest BCUT2D eigenvalue weighted by Gasteiger charge is 2.04. The van der Waals surface area contributed by atoms with E-state index in [0.717, 1.165) is 9.04 Å². The number of nitrogens with one attached hydrogen (secondary N) is 1. The SMILES string of the molecule is Cc1cc(=O)n(-c2ccc(Br)cc2)c(=O)[nH]1. The summed E-state index contributed by atoms with van der Waals surface area (Å²) in [6.45, 7) is 1.68. The number of rotatable bonds is 1. The number of aromatic amines is 1. The van der Waals surface area contributed by atoms with Gasteiger partial charge in [-0.2, -0.15) is 0 Å². The summed E-state index contributed by atoms with van der Waals surface area (Å²) < 4.78 is 1.99. The first kappa shape index (κ1) is 10.9. The van der Waals surface area contributed by atoms with E-state index in [1.807, 2.05) is 0 Å². The summed E-state index contributed by atoms with van der Waals surface area (Å²) >= 11 is 3.29. The fourth-order valence-corrected chi connectivity index (χ4v) is 1.71. The lowest BCUT2D eigenvalue weighted by Crippen LogP contribution is -2.33. The molecule has 2 rings (SSSR count). The maximum absolute atomic E-state index is 11.7. The van der Waals surface area contributed by atoms with Gasteiger partial charge >= 0.3 is 5.69 Å². The number of nitrogens with zero attached hydrogens (tertiary/aromatic N) is 1. The van der Waals surface area contributed by atoms with E-state index in [0.29, 0.717) is 11.4 Å². The lowest BCUT2D eigenvalue weighted by molar-refractivity contribution is 0.858. The predicted molar refractivity (Wildman–Crippen MR) is 65.1 cm³/mol. The molecule has 0 aliphatic rings. The molecule has 0 bridgehead atoms. The molecule has 0 radical (unpaired) electrons. The third-order valence-electron chi connectivity index (χ3n) is 2.15. The Morgan fingerprint density at radius 1 is 1.19 bits per heavy atom. The standard InChI is InChI=1S/C11H9BrN2O2/c1-7-6-10(15)14(11(16)13-7)9-4-2-8(12)3-5-9/h2-6H,1H3,(H,13,16). The van der Waals surface area contributed by atoms with Crippen LogP contribution < -0.4 is 11.2 Å². The summed E-state index contributed by atoms with van der Waals surface area (Å²) in [5.41, 5.74) is 0.355. The molecule has 82 valence electrons. The fourth-order valence-electron chi connectivity index (χ4n) is 1.45. The highest BCUT2D eigenvalue weighted by atomic mass is 79.9. The second-order valence-electron chi connectivity index (χ2n) is 3.41. The lowest BCUT2D eigenvalue weighted by Gasteiger charge is -2.04. The van der Waals surface area contributed by atoms with E-state index in [1.165, 1.54) is 6.07 Å². The molecule has 0 spiro atoms. The van der Waals surface area contributed by atoms with Gasteiger partial charge in [0.25, 0.3) is 5.56 Å². The second-order valence-corrected chi connectivity index (χ2v) is 4.32. The largest absolute Gasteiger partial charge is 0.333 e. The van der Waals surface area contributed by atoms with Crippen molar-refractivity contribution in [2.24, 2.45) is 0 Å². The van der Waals surface area contributed by atoms with E-state index in [-0.39, 0.29) is 5.56 Å². The molecule has 16 heavy (non-hydrogen) atoms. The molecular formula is C11H9BrN2O2. The predicted octanol–water partition coefficient (Wildman–Crippen LogP) is 1.60. The third kappa shape index (κ3) is 1.99. The Hall–Kier alpha value is -1.62. The molecule has 1 aromatic carbocycles. The van der Waals surface area contributed by atoms with Gasteiger partial charge in [0.2, 0.25) is 0 Å². The second kappa shape index (κ2) is 4.09. The van der Waals surface area contributed by atoms with Crippen LogP contribution in [-0.2, 0) is 0 Å². The Balaban J connectivity index is 2.70. The van der Waals surface area contributed by atoms with Gasteiger partial charge in [0, 0.05) is 16.2 Å². The maximum Gasteiger partial charge on any atom is 0.333 e. The van der Waals surface area contributed by atoms with Crippen LogP contribution in [0.3, 0.4) is 0 Å². The molecule has 0 saturated carbocycles. The topological polar surface area (TPSA) is 54.9 Å². The van der Waals surface area contributed by atoms with Gasteiger partial charge in [0.1, 0.15) is 0 Å². The quantitative estimate of drug-likeness (QED) is 0.863. The molecule has 0 fully saturated rings. The number of H-pyrrole nitrogens is 1. The Morgan fingerprint density at radius 3 is 2.38 bits per heavy atom. The number of aryl methyl sites for hydroxylation is 1. The van der Waals surface area contributed by atoms with Gasteiger partial charge in [-0.15, -0.1) is 0 Å². The Labute approximate surface area is 99.7 Å². The van der Waals surface area contributed by atoms with Gasteiger partial charge in [-0.05, 0) is 31.2 Å². The molecule has 0 unspecified atom stereocenters. The van der Waals surface area contributed by atoms with Gasteiger partial charge in [0.05, 0.1) is 5.69 Å². The van der Waals surface area contributed by atoms with Crippen LogP contribution in [0.15, 0.2) is 44.4 Å². The number of benzene rings is 1. The Morgan fingerprint density at radius 2 is 1.81 bits per heavy atom. The summed E-state index contributed by atoms with van der Waals surface area (Å²) in [6, 6.07) is 8.36. The number of hydrogen-bond acceptors (Lipinski definition) is 2. The average Bonchev–Trinajstić information content (AvgIpc) is 2.19. The third-order valence-corrected chi connectivity index (χ3v) is 2.68. The van der Waals surface area contributed by atoms with E-state index in [4.69, 9.17) is 0 Å². The zero-order valence-corrected chi connectivity index (χ0v) is 10.1. The van der Waals surface area contributed by atoms with Crippen molar-refractivity contribution in [2.45, 2.75) is 6.92 Å². The summed E-state index contributed by atoms with van der Waals surface area (Å²) in [6.07, 6.45) is 0. The molecule has 2 aromatic rings. The van der Waals surface area contributed by atoms with Crippen LogP contribution in [0.5, 0.6) is 0 Å². The van der Waals surface area contributed by atoms with Crippen molar-refractivity contribution in [3.8, 4) is 5.69 Å². The molecule has 0 aliphatic carbocycles. The molecule has 0 saturated heterocycles. The van der Waals surface area contributed by atoms with E-state index < -0.39 is 5.69 Å². The van der Waals surface area contributed by atoms with Gasteiger partial charge in [-0.3, -0.25) is 4.79 Å². The first-order chi connectivity index (χ1) is 7.58. The van der Waals surface area contributed by atoms with E-state index in [9.17, 15) is 9.59 Å². The van der Waals surface area contributed by atoms with E-state index in [1.54, 1.807) is 31.2 Å². The Bertz CT molecular complexity index is 594. The molecule has 0 atom stereocenters. The molecule has 5 heteroatoms. The van der Waals surface area contributed by atoms with Crippen molar-refractivity contribution in [1.82, 2.24) is 9.55 Å². The van der Waals surface area contributed by atoms with Crippen LogP contribution in [0.1, 0.15) is 5.69 Å². The van der Waals surface area contributed by atoms with Crippen molar-refractivity contribution in [1.29, 1.82) is 0 Å². The van der Waals surface area contributed by atoms with Gasteiger partial charge in [0.15, 0.2) is 0 Å².